The average Bonchev–Trinajstić information content (AvgIpc) is 1.80. The fourth-order valence-electron chi connectivity index (χ4n) is 0.632. The van der Waals surface area contributed by atoms with Gasteiger partial charge in [-0.05, 0) is 20.0 Å². The van der Waals surface area contributed by atoms with E-state index in [4.69, 9.17) is 11.6 Å². The minimum atomic E-state index is -1.02. The van der Waals surface area contributed by atoms with Crippen molar-refractivity contribution in [3.8, 4) is 0 Å². The molecule has 0 fully saturated rings. The number of halogens is 1. The molecule has 0 bridgehead atoms. The Morgan fingerprint density at radius 1 is 1.30 bits per heavy atom. The first kappa shape index (κ1) is 10.5. The fourth-order valence-corrected chi connectivity index (χ4v) is 1.58. The molecule has 0 aromatic carbocycles. The van der Waals surface area contributed by atoms with E-state index >= 15 is 0 Å². The lowest BCUT2D eigenvalue weighted by molar-refractivity contribution is 0.506. The molecule has 0 unspecified atom stereocenters. The van der Waals surface area contributed by atoms with Gasteiger partial charge >= 0.3 is 0 Å². The maximum absolute atomic E-state index is 5.58. The zero-order valence-electron chi connectivity index (χ0n) is 7.45. The highest BCUT2D eigenvalue weighted by Crippen LogP contribution is 2.06. The van der Waals surface area contributed by atoms with Crippen LogP contribution < -0.4 is 0 Å². The lowest BCUT2D eigenvalue weighted by Gasteiger charge is -2.29. The minimum absolute atomic E-state index is 0.787. The molecule has 0 aliphatic heterocycles. The number of rotatable bonds is 4. The normalized spacial score (nSPS) is 12.6. The molecule has 0 heterocycles. The number of nitrogens with zero attached hydrogens (tertiary/aromatic N) is 1. The van der Waals surface area contributed by atoms with Crippen molar-refractivity contribution in [3.63, 3.8) is 0 Å². The third-order valence-electron chi connectivity index (χ3n) is 1.77. The van der Waals surface area contributed by atoms with Gasteiger partial charge in [-0.25, -0.2) is 0 Å². The number of hydrogen-bond donors (Lipinski definition) is 0. The number of hydrogen-bond acceptors (Lipinski definition) is 1. The second-order valence-corrected chi connectivity index (χ2v) is 9.12. The van der Waals surface area contributed by atoms with Crippen LogP contribution in [0.15, 0.2) is 0 Å². The van der Waals surface area contributed by atoms with E-state index in [-0.39, 0.29) is 0 Å². The van der Waals surface area contributed by atoms with Gasteiger partial charge in [0.1, 0.15) is 8.24 Å². The summed E-state index contributed by atoms with van der Waals surface area (Å²) in [6.45, 7) is 8.20. The summed E-state index contributed by atoms with van der Waals surface area (Å²) in [5.41, 5.74) is 0. The summed E-state index contributed by atoms with van der Waals surface area (Å²) in [5, 5.41) is 0. The summed E-state index contributed by atoms with van der Waals surface area (Å²) in [5.74, 6) is 0.787. The number of alkyl halides is 1. The van der Waals surface area contributed by atoms with Crippen molar-refractivity contribution in [1.29, 1.82) is 0 Å². The van der Waals surface area contributed by atoms with Crippen molar-refractivity contribution in [2.75, 3.05) is 19.5 Å². The largest absolute Gasteiger partial charge is 0.327 e. The highest BCUT2D eigenvalue weighted by Gasteiger charge is 2.18. The first-order valence-electron chi connectivity index (χ1n) is 3.75. The Kier molecular flexibility index (Phi) is 4.57. The Bertz CT molecular complexity index is 90.1. The maximum atomic E-state index is 5.58. The van der Waals surface area contributed by atoms with Crippen LogP contribution in [-0.2, 0) is 0 Å². The summed E-state index contributed by atoms with van der Waals surface area (Å²) in [6, 6.07) is 0. The molecule has 0 aliphatic carbocycles. The van der Waals surface area contributed by atoms with Crippen molar-refractivity contribution >= 4 is 19.8 Å². The summed E-state index contributed by atoms with van der Waals surface area (Å²) < 4.78 is 2.45. The van der Waals surface area contributed by atoms with E-state index in [9.17, 15) is 0 Å². The molecule has 0 amide bonds. The molecular formula is C7H18ClNSi. The summed E-state index contributed by atoms with van der Waals surface area (Å²) in [7, 11) is 1.17. The van der Waals surface area contributed by atoms with E-state index in [1.807, 2.05) is 0 Å². The molecule has 0 radical (unpaired) electrons. The van der Waals surface area contributed by atoms with E-state index in [0.29, 0.717) is 0 Å². The molecule has 0 rings (SSSR count). The standard InChI is InChI=1S/C7H18ClNSi/c1-9(7-5-6-8)10(2,3)4/h5-7H2,1-4H3. The average molecular weight is 180 g/mol. The van der Waals surface area contributed by atoms with Crippen molar-refractivity contribution in [3.05, 3.63) is 0 Å². The Hall–Kier alpha value is 0.467. The van der Waals surface area contributed by atoms with Crippen LogP contribution in [0, 0.1) is 0 Å². The highest BCUT2D eigenvalue weighted by molar-refractivity contribution is 6.73. The summed E-state index contributed by atoms with van der Waals surface area (Å²) in [4.78, 5) is 0. The smallest absolute Gasteiger partial charge is 0.118 e. The Balaban J connectivity index is 3.52. The monoisotopic (exact) mass is 179 g/mol. The first-order chi connectivity index (χ1) is 4.48. The van der Waals surface area contributed by atoms with Crippen LogP contribution in [0.4, 0.5) is 0 Å². The van der Waals surface area contributed by atoms with Gasteiger partial charge in [0, 0.05) is 5.88 Å². The van der Waals surface area contributed by atoms with Gasteiger partial charge in [0.2, 0.25) is 0 Å². The predicted octanol–water partition coefficient (Wildman–Crippen LogP) is 2.38. The molecule has 62 valence electrons. The van der Waals surface area contributed by atoms with E-state index in [1.54, 1.807) is 0 Å². The lowest BCUT2D eigenvalue weighted by Crippen LogP contribution is -2.43. The molecule has 0 saturated carbocycles. The minimum Gasteiger partial charge on any atom is -0.327 e. The molecule has 0 aliphatic rings. The quantitative estimate of drug-likeness (QED) is 0.473. The third kappa shape index (κ3) is 4.31. The summed E-state index contributed by atoms with van der Waals surface area (Å²) >= 11 is 5.58. The van der Waals surface area contributed by atoms with Gasteiger partial charge in [-0.2, -0.15) is 0 Å². The molecular weight excluding hydrogens is 162 g/mol. The van der Waals surface area contributed by atoms with E-state index < -0.39 is 8.24 Å². The van der Waals surface area contributed by atoms with E-state index in [0.717, 1.165) is 18.8 Å². The molecule has 0 N–H and O–H groups in total. The predicted molar refractivity (Wildman–Crippen MR) is 51.3 cm³/mol. The Labute approximate surface area is 70.5 Å². The van der Waals surface area contributed by atoms with Crippen molar-refractivity contribution in [2.24, 2.45) is 0 Å². The van der Waals surface area contributed by atoms with E-state index in [1.165, 1.54) is 0 Å². The molecule has 0 saturated heterocycles. The Morgan fingerprint density at radius 2 is 1.80 bits per heavy atom. The molecule has 0 aromatic rings. The maximum Gasteiger partial charge on any atom is 0.118 e. The second-order valence-electron chi connectivity index (χ2n) is 3.63. The zero-order valence-corrected chi connectivity index (χ0v) is 9.20. The molecule has 10 heavy (non-hydrogen) atoms. The second kappa shape index (κ2) is 4.37. The van der Waals surface area contributed by atoms with E-state index in [2.05, 4.69) is 31.3 Å². The van der Waals surface area contributed by atoms with Crippen molar-refractivity contribution in [1.82, 2.24) is 4.57 Å². The van der Waals surface area contributed by atoms with Gasteiger partial charge in [-0.3, -0.25) is 0 Å². The highest BCUT2D eigenvalue weighted by atomic mass is 35.5. The van der Waals surface area contributed by atoms with Crippen LogP contribution in [-0.4, -0.2) is 32.3 Å². The molecule has 0 aromatic heterocycles. The Morgan fingerprint density at radius 3 is 2.10 bits per heavy atom. The van der Waals surface area contributed by atoms with Crippen LogP contribution in [0.3, 0.4) is 0 Å². The van der Waals surface area contributed by atoms with Crippen molar-refractivity contribution < 1.29 is 0 Å². The first-order valence-corrected chi connectivity index (χ1v) is 7.74. The van der Waals surface area contributed by atoms with Gasteiger partial charge in [0.15, 0.2) is 0 Å². The van der Waals surface area contributed by atoms with Crippen LogP contribution >= 0.6 is 11.6 Å². The van der Waals surface area contributed by atoms with Gasteiger partial charge < -0.3 is 4.57 Å². The molecule has 1 nitrogen and oxygen atoms in total. The zero-order chi connectivity index (χ0) is 8.20. The van der Waals surface area contributed by atoms with Gasteiger partial charge in [-0.15, -0.1) is 11.6 Å². The molecule has 0 spiro atoms. The fraction of sp³-hybridized carbons (Fsp3) is 1.00. The molecule has 0 atom stereocenters. The summed E-state index contributed by atoms with van der Waals surface area (Å²) in [6.07, 6.45) is 1.11. The SMILES string of the molecule is CN(CCCCl)[Si](C)(C)C. The topological polar surface area (TPSA) is 3.24 Å². The lowest BCUT2D eigenvalue weighted by atomic mass is 10.5. The third-order valence-corrected chi connectivity index (χ3v) is 4.55. The van der Waals surface area contributed by atoms with Crippen LogP contribution in [0.2, 0.25) is 19.6 Å². The van der Waals surface area contributed by atoms with Gasteiger partial charge in [0.05, 0.1) is 0 Å². The van der Waals surface area contributed by atoms with Crippen LogP contribution in [0.5, 0.6) is 0 Å². The van der Waals surface area contributed by atoms with Crippen LogP contribution in [0.1, 0.15) is 6.42 Å². The van der Waals surface area contributed by atoms with Gasteiger partial charge in [-0.1, -0.05) is 19.6 Å². The van der Waals surface area contributed by atoms with Crippen LogP contribution in [0.25, 0.3) is 0 Å². The van der Waals surface area contributed by atoms with Crippen molar-refractivity contribution in [2.45, 2.75) is 26.1 Å². The van der Waals surface area contributed by atoms with Gasteiger partial charge in [0.25, 0.3) is 0 Å². The molecule has 3 heteroatoms.